The van der Waals surface area contributed by atoms with E-state index >= 15 is 0 Å². The first-order valence-corrected chi connectivity index (χ1v) is 8.20. The summed E-state index contributed by atoms with van der Waals surface area (Å²) in [6.07, 6.45) is -2.81. The Balaban J connectivity index is 1.52. The molecule has 0 aliphatic heterocycles. The molecule has 1 aromatic heterocycles. The average Bonchev–Trinajstić information content (AvgIpc) is 2.66. The summed E-state index contributed by atoms with van der Waals surface area (Å²) in [5, 5.41) is 5.98. The van der Waals surface area contributed by atoms with Crippen molar-refractivity contribution in [2.75, 3.05) is 23.8 Å². The van der Waals surface area contributed by atoms with Gasteiger partial charge in [-0.05, 0) is 42.5 Å². The third-order valence-corrected chi connectivity index (χ3v) is 3.54. The Kier molecular flexibility index (Phi) is 5.75. The van der Waals surface area contributed by atoms with E-state index in [-0.39, 0.29) is 5.95 Å². The molecule has 3 rings (SSSR count). The van der Waals surface area contributed by atoms with E-state index in [4.69, 9.17) is 4.74 Å². The molecule has 0 bridgehead atoms. The Hall–Kier alpha value is -3.29. The van der Waals surface area contributed by atoms with Gasteiger partial charge in [0, 0.05) is 11.9 Å². The number of ether oxygens (including phenoxy) is 1. The maximum Gasteiger partial charge on any atom is 0.416 e. The van der Waals surface area contributed by atoms with Gasteiger partial charge in [-0.2, -0.15) is 18.2 Å². The molecule has 5 nitrogen and oxygen atoms in total. The smallest absolute Gasteiger partial charge is 0.416 e. The molecule has 3 aromatic rings. The van der Waals surface area contributed by atoms with Gasteiger partial charge >= 0.3 is 6.18 Å². The van der Waals surface area contributed by atoms with Crippen LogP contribution in [0, 0.1) is 0 Å². The number of hydrogen-bond donors (Lipinski definition) is 2. The van der Waals surface area contributed by atoms with Crippen LogP contribution in [0.1, 0.15) is 5.56 Å². The Morgan fingerprint density at radius 3 is 2.37 bits per heavy atom. The SMILES string of the molecule is FC(F)(F)c1ccc(Nc2nccc(NCCOc3ccccc3)n2)cc1. The maximum atomic E-state index is 12.6. The summed E-state index contributed by atoms with van der Waals surface area (Å²) in [5.41, 5.74) is -0.240. The summed E-state index contributed by atoms with van der Waals surface area (Å²) in [7, 11) is 0. The number of alkyl halides is 3. The number of aromatic nitrogens is 2. The van der Waals surface area contributed by atoms with Gasteiger partial charge in [-0.3, -0.25) is 0 Å². The van der Waals surface area contributed by atoms with Crippen molar-refractivity contribution < 1.29 is 17.9 Å². The minimum Gasteiger partial charge on any atom is -0.492 e. The van der Waals surface area contributed by atoms with E-state index < -0.39 is 11.7 Å². The van der Waals surface area contributed by atoms with E-state index in [1.54, 1.807) is 12.3 Å². The zero-order valence-electron chi connectivity index (χ0n) is 14.2. The van der Waals surface area contributed by atoms with Gasteiger partial charge in [-0.25, -0.2) is 4.98 Å². The number of para-hydroxylation sites is 1. The predicted molar refractivity (Wildman–Crippen MR) is 97.2 cm³/mol. The number of benzene rings is 2. The predicted octanol–water partition coefficient (Wildman–Crippen LogP) is 4.73. The molecular weight excluding hydrogens is 357 g/mol. The molecule has 0 atom stereocenters. The second-order valence-electron chi connectivity index (χ2n) is 5.55. The van der Waals surface area contributed by atoms with Crippen molar-refractivity contribution in [3.63, 3.8) is 0 Å². The van der Waals surface area contributed by atoms with Gasteiger partial charge in [-0.1, -0.05) is 18.2 Å². The molecule has 1 heterocycles. The zero-order valence-corrected chi connectivity index (χ0v) is 14.2. The summed E-state index contributed by atoms with van der Waals surface area (Å²) in [5.74, 6) is 1.64. The lowest BCUT2D eigenvalue weighted by molar-refractivity contribution is -0.137. The van der Waals surface area contributed by atoms with E-state index in [0.29, 0.717) is 24.7 Å². The minimum absolute atomic E-state index is 0.281. The van der Waals surface area contributed by atoms with Crippen LogP contribution in [0.5, 0.6) is 5.75 Å². The topological polar surface area (TPSA) is 59.1 Å². The van der Waals surface area contributed by atoms with Gasteiger partial charge in [0.25, 0.3) is 0 Å². The molecule has 0 aliphatic carbocycles. The van der Waals surface area contributed by atoms with Crippen LogP contribution in [-0.2, 0) is 6.18 Å². The second-order valence-corrected chi connectivity index (χ2v) is 5.55. The first kappa shape index (κ1) is 18.5. The van der Waals surface area contributed by atoms with Gasteiger partial charge in [0.1, 0.15) is 18.2 Å². The zero-order chi connectivity index (χ0) is 19.1. The first-order valence-electron chi connectivity index (χ1n) is 8.20. The van der Waals surface area contributed by atoms with Gasteiger partial charge in [0.2, 0.25) is 5.95 Å². The van der Waals surface area contributed by atoms with E-state index in [9.17, 15) is 13.2 Å². The highest BCUT2D eigenvalue weighted by Gasteiger charge is 2.29. The molecule has 0 radical (unpaired) electrons. The highest BCUT2D eigenvalue weighted by Crippen LogP contribution is 2.30. The van der Waals surface area contributed by atoms with Crippen molar-refractivity contribution in [1.82, 2.24) is 9.97 Å². The fourth-order valence-electron chi connectivity index (χ4n) is 2.25. The van der Waals surface area contributed by atoms with Crippen molar-refractivity contribution in [3.8, 4) is 5.75 Å². The number of hydrogen-bond acceptors (Lipinski definition) is 5. The molecule has 0 saturated carbocycles. The largest absolute Gasteiger partial charge is 0.492 e. The number of nitrogens with zero attached hydrogens (tertiary/aromatic N) is 2. The van der Waals surface area contributed by atoms with Crippen LogP contribution in [0.3, 0.4) is 0 Å². The molecule has 8 heteroatoms. The highest BCUT2D eigenvalue weighted by atomic mass is 19.4. The van der Waals surface area contributed by atoms with Crippen LogP contribution in [-0.4, -0.2) is 23.1 Å². The molecule has 2 N–H and O–H groups in total. The third-order valence-electron chi connectivity index (χ3n) is 3.54. The Labute approximate surface area is 154 Å². The molecule has 27 heavy (non-hydrogen) atoms. The first-order chi connectivity index (χ1) is 13.0. The van der Waals surface area contributed by atoms with E-state index in [0.717, 1.165) is 17.9 Å². The van der Waals surface area contributed by atoms with Gasteiger partial charge < -0.3 is 15.4 Å². The third kappa shape index (κ3) is 5.60. The van der Waals surface area contributed by atoms with E-state index in [2.05, 4.69) is 20.6 Å². The second kappa shape index (κ2) is 8.39. The number of nitrogens with one attached hydrogen (secondary N) is 2. The van der Waals surface area contributed by atoms with Crippen LogP contribution in [0.4, 0.5) is 30.6 Å². The van der Waals surface area contributed by atoms with Crippen LogP contribution in [0.2, 0.25) is 0 Å². The lowest BCUT2D eigenvalue weighted by Crippen LogP contribution is -2.13. The quantitative estimate of drug-likeness (QED) is 0.586. The summed E-state index contributed by atoms with van der Waals surface area (Å²) in [6.45, 7) is 0.987. The lowest BCUT2D eigenvalue weighted by atomic mass is 10.2. The highest BCUT2D eigenvalue weighted by molar-refractivity contribution is 5.55. The van der Waals surface area contributed by atoms with Crippen molar-refractivity contribution in [2.24, 2.45) is 0 Å². The van der Waals surface area contributed by atoms with Gasteiger partial charge in [0.05, 0.1) is 12.1 Å². The Morgan fingerprint density at radius 2 is 1.67 bits per heavy atom. The summed E-state index contributed by atoms with van der Waals surface area (Å²) >= 11 is 0. The van der Waals surface area contributed by atoms with Crippen LogP contribution in [0.15, 0.2) is 66.9 Å². The molecular formula is C19H17F3N4O. The maximum absolute atomic E-state index is 12.6. The number of anilines is 3. The molecule has 0 fully saturated rings. The number of halogens is 3. The molecule has 2 aromatic carbocycles. The molecule has 0 spiro atoms. The molecule has 0 unspecified atom stereocenters. The fraction of sp³-hybridized carbons (Fsp3) is 0.158. The molecule has 0 saturated heterocycles. The van der Waals surface area contributed by atoms with Crippen molar-refractivity contribution in [3.05, 3.63) is 72.4 Å². The van der Waals surface area contributed by atoms with Crippen LogP contribution in [0.25, 0.3) is 0 Å². The van der Waals surface area contributed by atoms with Crippen molar-refractivity contribution >= 4 is 17.5 Å². The van der Waals surface area contributed by atoms with E-state index in [1.807, 2.05) is 30.3 Å². The van der Waals surface area contributed by atoms with Crippen molar-refractivity contribution in [2.45, 2.75) is 6.18 Å². The standard InChI is InChI=1S/C19H17F3N4O/c20-19(21,22)14-6-8-15(9-7-14)25-18-24-11-10-17(26-18)23-12-13-27-16-4-2-1-3-5-16/h1-11H,12-13H2,(H2,23,24,25,26). The van der Waals surface area contributed by atoms with Crippen LogP contribution >= 0.6 is 0 Å². The normalized spacial score (nSPS) is 11.1. The summed E-state index contributed by atoms with van der Waals surface area (Å²) in [4.78, 5) is 8.34. The monoisotopic (exact) mass is 374 g/mol. The summed E-state index contributed by atoms with van der Waals surface area (Å²) in [6, 6.07) is 15.8. The summed E-state index contributed by atoms with van der Waals surface area (Å²) < 4.78 is 43.4. The number of rotatable bonds is 7. The Morgan fingerprint density at radius 1 is 0.926 bits per heavy atom. The van der Waals surface area contributed by atoms with Crippen molar-refractivity contribution in [1.29, 1.82) is 0 Å². The molecule has 140 valence electrons. The van der Waals surface area contributed by atoms with Gasteiger partial charge in [-0.15, -0.1) is 0 Å². The van der Waals surface area contributed by atoms with E-state index in [1.165, 1.54) is 12.1 Å². The molecule has 0 aliphatic rings. The molecule has 0 amide bonds. The fourth-order valence-corrected chi connectivity index (χ4v) is 2.25. The lowest BCUT2D eigenvalue weighted by Gasteiger charge is -2.10. The minimum atomic E-state index is -4.36. The Bertz CT molecular complexity index is 855. The van der Waals surface area contributed by atoms with Crippen LogP contribution < -0.4 is 15.4 Å². The van der Waals surface area contributed by atoms with Gasteiger partial charge in [0.15, 0.2) is 0 Å². The average molecular weight is 374 g/mol.